The summed E-state index contributed by atoms with van der Waals surface area (Å²) in [5.41, 5.74) is 7.39. The molecule has 10 aliphatic heterocycles. The van der Waals surface area contributed by atoms with Gasteiger partial charge in [-0.05, 0) is 72.2 Å². The molecule has 8 bridgehead atoms. The minimum atomic E-state index is -0.232. The number of amides is 8. The molecule has 10 aliphatic rings. The van der Waals surface area contributed by atoms with Crippen molar-refractivity contribution < 1.29 is 38.4 Å². The topological polar surface area (TPSA) is 259 Å². The summed E-state index contributed by atoms with van der Waals surface area (Å²) in [6.45, 7) is 16.4. The molecule has 8 amide bonds. The molecule has 0 spiro atoms. The van der Waals surface area contributed by atoms with E-state index >= 15 is 0 Å². The summed E-state index contributed by atoms with van der Waals surface area (Å²) in [7, 11) is 0. The van der Waals surface area contributed by atoms with Gasteiger partial charge in [0, 0.05) is 131 Å². The van der Waals surface area contributed by atoms with Crippen LogP contribution in [-0.4, -0.2) is 244 Å². The minimum absolute atomic E-state index is 0.0598. The zero-order valence-corrected chi connectivity index (χ0v) is 61.1. The Morgan fingerprint density at radius 2 is 0.452 bits per heavy atom. The van der Waals surface area contributed by atoms with Crippen LogP contribution < -0.4 is 42.5 Å². The van der Waals surface area contributed by atoms with Gasteiger partial charge in [0.25, 0.3) is 0 Å². The highest BCUT2D eigenvalue weighted by Crippen LogP contribution is 2.17. The van der Waals surface area contributed by atoms with E-state index in [2.05, 4.69) is 81.7 Å². The Kier molecular flexibility index (Phi) is 31.8. The lowest BCUT2D eigenvalue weighted by Crippen LogP contribution is -2.51. The molecule has 4 atom stereocenters. The maximum absolute atomic E-state index is 14.1. The van der Waals surface area contributed by atoms with E-state index in [1.54, 1.807) is 0 Å². The fraction of sp³-hybridized carbons (Fsp3) is 0.450. The summed E-state index contributed by atoms with van der Waals surface area (Å²) in [5.74, 6) is -1.36. The van der Waals surface area contributed by atoms with Gasteiger partial charge < -0.3 is 42.5 Å². The van der Waals surface area contributed by atoms with E-state index in [-0.39, 0.29) is 150 Å². The van der Waals surface area contributed by atoms with E-state index in [4.69, 9.17) is 0 Å². The minimum Gasteiger partial charge on any atom is -0.351 e. The lowest BCUT2D eigenvalue weighted by molar-refractivity contribution is -0.125. The summed E-state index contributed by atoms with van der Waals surface area (Å²) >= 11 is 0. The van der Waals surface area contributed by atoms with E-state index in [0.29, 0.717) is 105 Å². The lowest BCUT2D eigenvalue weighted by atomic mass is 10.1. The largest absolute Gasteiger partial charge is 0.351 e. The zero-order chi connectivity index (χ0) is 73.4. The quantitative estimate of drug-likeness (QED) is 0.0686. The molecule has 0 aliphatic carbocycles. The summed E-state index contributed by atoms with van der Waals surface area (Å²) < 4.78 is 0. The molecule has 10 heterocycles. The Labute approximate surface area is 614 Å². The molecule has 0 saturated carbocycles. The monoisotopic (exact) mass is 1420 g/mol. The third kappa shape index (κ3) is 28.1. The van der Waals surface area contributed by atoms with Gasteiger partial charge in [-0.3, -0.25) is 77.6 Å². The summed E-state index contributed by atoms with van der Waals surface area (Å²) in [6.07, 6.45) is 0. The first-order valence-corrected chi connectivity index (χ1v) is 36.8. The highest BCUT2D eigenvalue weighted by atomic mass is 16.2. The second-order valence-electron chi connectivity index (χ2n) is 27.7. The molecule has 24 nitrogen and oxygen atoms in total. The first kappa shape index (κ1) is 78.9. The van der Waals surface area contributed by atoms with Crippen molar-refractivity contribution in [2.75, 3.05) is 157 Å². The van der Waals surface area contributed by atoms with Crippen molar-refractivity contribution in [2.24, 2.45) is 0 Å². The molecule has 0 radical (unpaired) electrons. The fourth-order valence-corrected chi connectivity index (χ4v) is 13.1. The SMILES string of the molecule is C[C@@H](NC(=O)CN1CCN2CCN(CC(=O)N[C@H](C)c3ccccc3)CCN(CC1)CC(=O)NCc1ccc(cc1)CNC(=O)CN1CCN(CC(=O)N[C@H](C)c3ccccc3)CCN(CCN(CC(=O)N[C@H](C)c3ccccc3)CC1)CC(=O)NCc1ccc(cc1)CNC(=O)C2)c1ccccc1. The van der Waals surface area contributed by atoms with E-state index in [9.17, 15) is 38.4 Å². The normalized spacial score (nSPS) is 21.1. The molecule has 104 heavy (non-hydrogen) atoms. The third-order valence-electron chi connectivity index (χ3n) is 19.5. The number of carbonyl (C=O) groups is 8. The molecule has 0 unspecified atom stereocenters. The average molecular weight is 1420 g/mol. The van der Waals surface area contributed by atoms with Crippen LogP contribution in [0.15, 0.2) is 170 Å². The van der Waals surface area contributed by atoms with Crippen LogP contribution >= 0.6 is 0 Å². The summed E-state index contributed by atoms with van der Waals surface area (Å²) in [6, 6.07) is 53.7. The van der Waals surface area contributed by atoms with Crippen molar-refractivity contribution in [3.05, 3.63) is 214 Å². The van der Waals surface area contributed by atoms with Crippen molar-refractivity contribution >= 4 is 47.3 Å². The molecule has 6 aromatic carbocycles. The van der Waals surface area contributed by atoms with Gasteiger partial charge in [-0.25, -0.2) is 0 Å². The van der Waals surface area contributed by atoms with Crippen LogP contribution in [0.3, 0.4) is 0 Å². The molecule has 2 fully saturated rings. The lowest BCUT2D eigenvalue weighted by Gasteiger charge is -2.34. The first-order chi connectivity index (χ1) is 50.4. The molecule has 8 N–H and O–H groups in total. The number of nitrogens with zero attached hydrogens (tertiary/aromatic N) is 8. The van der Waals surface area contributed by atoms with Crippen molar-refractivity contribution in [3.63, 3.8) is 0 Å². The number of hydrogen-bond acceptors (Lipinski definition) is 16. The predicted molar refractivity (Wildman–Crippen MR) is 404 cm³/mol. The molecule has 6 aromatic rings. The second-order valence-corrected chi connectivity index (χ2v) is 27.7. The van der Waals surface area contributed by atoms with Crippen molar-refractivity contribution in [1.82, 2.24) is 81.7 Å². The molecular weight excluding hydrogens is 1310 g/mol. The average Bonchev–Trinajstić information content (AvgIpc) is 0.892. The smallest absolute Gasteiger partial charge is 0.234 e. The Morgan fingerprint density at radius 3 is 0.625 bits per heavy atom. The Morgan fingerprint density at radius 1 is 0.279 bits per heavy atom. The maximum atomic E-state index is 14.1. The van der Waals surface area contributed by atoms with Crippen LogP contribution in [0.25, 0.3) is 0 Å². The van der Waals surface area contributed by atoms with Crippen LogP contribution in [0.2, 0.25) is 0 Å². The van der Waals surface area contributed by atoms with Gasteiger partial charge >= 0.3 is 0 Å². The molecule has 16 rings (SSSR count). The molecule has 556 valence electrons. The van der Waals surface area contributed by atoms with Gasteiger partial charge in [-0.2, -0.15) is 0 Å². The van der Waals surface area contributed by atoms with Gasteiger partial charge in [0.2, 0.25) is 47.3 Å². The molecule has 2 saturated heterocycles. The highest BCUT2D eigenvalue weighted by molar-refractivity contribution is 5.81. The Hall–Kier alpha value is -9.24. The number of carbonyl (C=O) groups excluding carboxylic acids is 8. The fourth-order valence-electron chi connectivity index (χ4n) is 13.1. The van der Waals surface area contributed by atoms with Crippen LogP contribution in [0.5, 0.6) is 0 Å². The van der Waals surface area contributed by atoms with Gasteiger partial charge in [0.15, 0.2) is 0 Å². The van der Waals surface area contributed by atoms with E-state index in [1.165, 1.54) is 0 Å². The van der Waals surface area contributed by atoms with Crippen LogP contribution in [-0.2, 0) is 64.5 Å². The highest BCUT2D eigenvalue weighted by Gasteiger charge is 2.27. The van der Waals surface area contributed by atoms with Crippen LogP contribution in [0.1, 0.15) is 96.4 Å². The van der Waals surface area contributed by atoms with E-state index in [1.807, 2.05) is 198 Å². The van der Waals surface area contributed by atoms with Gasteiger partial charge in [0.1, 0.15) is 0 Å². The van der Waals surface area contributed by atoms with E-state index in [0.717, 1.165) is 44.5 Å². The number of hydrogen-bond donors (Lipinski definition) is 8. The Bertz CT molecular complexity index is 3150. The summed E-state index contributed by atoms with van der Waals surface area (Å²) in [5, 5.41) is 25.2. The van der Waals surface area contributed by atoms with Gasteiger partial charge in [-0.1, -0.05) is 170 Å². The van der Waals surface area contributed by atoms with Crippen molar-refractivity contribution in [3.8, 4) is 0 Å². The Balaban J connectivity index is 0.940. The third-order valence-corrected chi connectivity index (χ3v) is 19.5. The van der Waals surface area contributed by atoms with Crippen molar-refractivity contribution in [1.29, 1.82) is 0 Å². The van der Waals surface area contributed by atoms with Gasteiger partial charge in [0.05, 0.1) is 76.5 Å². The number of rotatable bonds is 16. The van der Waals surface area contributed by atoms with Crippen LogP contribution in [0, 0.1) is 0 Å². The van der Waals surface area contributed by atoms with Gasteiger partial charge in [-0.15, -0.1) is 0 Å². The second kappa shape index (κ2) is 41.9. The molecule has 24 heteroatoms. The predicted octanol–water partition coefficient (Wildman–Crippen LogP) is 3.82. The summed E-state index contributed by atoms with van der Waals surface area (Å²) in [4.78, 5) is 129. The van der Waals surface area contributed by atoms with E-state index < -0.39 is 0 Å². The molecule has 0 aromatic heterocycles. The van der Waals surface area contributed by atoms with Crippen molar-refractivity contribution in [2.45, 2.75) is 78.0 Å². The standard InChI is InChI=1S/C80H108N16O8/c1-61(69-17-9-5-10-18-69)85-77(101)57-93-41-33-89-35-43-94(58-78(102)86-62(2)70-19-11-6-12-20-70)44-36-90(34-42-93)54-74(98)82-50-66-27-31-68(32-28-66)52-84-76(100)56-92-38-46-95(59-79(103)87-63(3)71-21-13-7-14-22-71)45-37-91(55-75(99)83-51-67-29-25-65(26-30-67)49-81-73(97)53-89)39-47-96(48-40-92)60-80(104)88-64(4)72-23-15-8-16-24-72/h5-32,61-64H,33-60H2,1-4H3,(H,81,97)(H,82,98)(H,83,99)(H,84,100)(H,85,101)(H,86,102)(H,87,103)(H,88,104)/t61-,62-,63-,64-/m1/s1. The molecular formula is C80H108N16O8. The first-order valence-electron chi connectivity index (χ1n) is 36.8. The number of benzene rings is 6. The maximum Gasteiger partial charge on any atom is 0.234 e. The zero-order valence-electron chi connectivity index (χ0n) is 61.1. The number of nitrogens with one attached hydrogen (secondary N) is 8. The van der Waals surface area contributed by atoms with Crippen LogP contribution in [0.4, 0.5) is 0 Å².